The molecule has 1 amide bonds. The van der Waals surface area contributed by atoms with Crippen molar-refractivity contribution in [1.82, 2.24) is 25.2 Å². The SMILES string of the molecule is NCCn1cc(C(=O)N2CCCNCC2)nn1. The van der Waals surface area contributed by atoms with Crippen LogP contribution in [0.4, 0.5) is 0 Å². The highest BCUT2D eigenvalue weighted by Gasteiger charge is 2.19. The predicted octanol–water partition coefficient (Wildman–Crippen LogP) is -1.33. The Morgan fingerprint density at radius 1 is 1.47 bits per heavy atom. The highest BCUT2D eigenvalue weighted by Crippen LogP contribution is 2.03. The summed E-state index contributed by atoms with van der Waals surface area (Å²) in [5, 5.41) is 11.0. The zero-order valence-corrected chi connectivity index (χ0v) is 9.80. The van der Waals surface area contributed by atoms with Gasteiger partial charge >= 0.3 is 0 Å². The average Bonchev–Trinajstić information content (AvgIpc) is 2.64. The molecule has 7 heteroatoms. The first kappa shape index (κ1) is 12.0. The van der Waals surface area contributed by atoms with E-state index in [1.54, 1.807) is 10.9 Å². The number of nitrogens with two attached hydrogens (primary N) is 1. The number of rotatable bonds is 3. The van der Waals surface area contributed by atoms with Crippen LogP contribution in [-0.2, 0) is 6.54 Å². The number of aromatic nitrogens is 3. The van der Waals surface area contributed by atoms with Crippen molar-refractivity contribution in [2.75, 3.05) is 32.7 Å². The van der Waals surface area contributed by atoms with Crippen LogP contribution in [0.25, 0.3) is 0 Å². The quantitative estimate of drug-likeness (QED) is 0.681. The highest BCUT2D eigenvalue weighted by molar-refractivity contribution is 5.91. The van der Waals surface area contributed by atoms with Gasteiger partial charge in [-0.2, -0.15) is 0 Å². The molecule has 0 radical (unpaired) electrons. The molecule has 0 aliphatic carbocycles. The molecule has 0 unspecified atom stereocenters. The Kier molecular flexibility index (Phi) is 4.05. The van der Waals surface area contributed by atoms with Gasteiger partial charge in [-0.25, -0.2) is 0 Å². The third kappa shape index (κ3) is 3.01. The molecule has 1 aliphatic heterocycles. The summed E-state index contributed by atoms with van der Waals surface area (Å²) in [5.41, 5.74) is 5.82. The number of carbonyl (C=O) groups is 1. The molecule has 2 heterocycles. The molecule has 1 aromatic heterocycles. The molecule has 0 saturated carbocycles. The van der Waals surface area contributed by atoms with Gasteiger partial charge in [0.05, 0.1) is 12.7 Å². The van der Waals surface area contributed by atoms with Crippen molar-refractivity contribution in [3.8, 4) is 0 Å². The summed E-state index contributed by atoms with van der Waals surface area (Å²) in [6.45, 7) is 4.37. The third-order valence-corrected chi connectivity index (χ3v) is 2.74. The Morgan fingerprint density at radius 2 is 2.35 bits per heavy atom. The van der Waals surface area contributed by atoms with Crippen molar-refractivity contribution in [2.45, 2.75) is 13.0 Å². The molecule has 1 fully saturated rings. The minimum atomic E-state index is -0.0445. The topological polar surface area (TPSA) is 89.1 Å². The van der Waals surface area contributed by atoms with Gasteiger partial charge in [0.1, 0.15) is 0 Å². The van der Waals surface area contributed by atoms with Crippen LogP contribution in [0.1, 0.15) is 16.9 Å². The second kappa shape index (κ2) is 5.74. The van der Waals surface area contributed by atoms with Crippen molar-refractivity contribution < 1.29 is 4.79 Å². The zero-order valence-electron chi connectivity index (χ0n) is 9.80. The number of amides is 1. The van der Waals surface area contributed by atoms with E-state index in [0.29, 0.717) is 18.8 Å². The van der Waals surface area contributed by atoms with Crippen molar-refractivity contribution in [2.24, 2.45) is 5.73 Å². The summed E-state index contributed by atoms with van der Waals surface area (Å²) in [6, 6.07) is 0. The van der Waals surface area contributed by atoms with Gasteiger partial charge in [-0.1, -0.05) is 5.21 Å². The van der Waals surface area contributed by atoms with E-state index in [0.717, 1.165) is 32.6 Å². The Balaban J connectivity index is 2.01. The fraction of sp³-hybridized carbons (Fsp3) is 0.700. The van der Waals surface area contributed by atoms with Crippen LogP contribution >= 0.6 is 0 Å². The molecule has 2 rings (SSSR count). The van der Waals surface area contributed by atoms with Gasteiger partial charge in [-0.15, -0.1) is 5.10 Å². The van der Waals surface area contributed by atoms with E-state index in [-0.39, 0.29) is 5.91 Å². The number of carbonyl (C=O) groups excluding carboxylic acids is 1. The van der Waals surface area contributed by atoms with Gasteiger partial charge < -0.3 is 16.0 Å². The standard InChI is InChI=1S/C10H18N6O/c11-2-6-16-8-9(13-14-16)10(17)15-5-1-3-12-4-7-15/h8,12H,1-7,11H2. The lowest BCUT2D eigenvalue weighted by Crippen LogP contribution is -2.34. The van der Waals surface area contributed by atoms with Gasteiger partial charge in [0.15, 0.2) is 5.69 Å². The average molecular weight is 238 g/mol. The van der Waals surface area contributed by atoms with E-state index in [4.69, 9.17) is 5.73 Å². The third-order valence-electron chi connectivity index (χ3n) is 2.74. The van der Waals surface area contributed by atoms with Crippen LogP contribution in [-0.4, -0.2) is 58.5 Å². The monoisotopic (exact) mass is 238 g/mol. The molecule has 0 aromatic carbocycles. The van der Waals surface area contributed by atoms with Crippen molar-refractivity contribution in [1.29, 1.82) is 0 Å². The molecule has 0 spiro atoms. The van der Waals surface area contributed by atoms with E-state index in [1.807, 2.05) is 4.90 Å². The second-order valence-electron chi connectivity index (χ2n) is 4.05. The summed E-state index contributed by atoms with van der Waals surface area (Å²) in [4.78, 5) is 13.9. The molecule has 1 aromatic rings. The summed E-state index contributed by atoms with van der Waals surface area (Å²) in [7, 11) is 0. The molecule has 0 atom stereocenters. The fourth-order valence-corrected chi connectivity index (χ4v) is 1.85. The van der Waals surface area contributed by atoms with Crippen molar-refractivity contribution in [3.63, 3.8) is 0 Å². The van der Waals surface area contributed by atoms with Gasteiger partial charge in [0, 0.05) is 26.2 Å². The summed E-state index contributed by atoms with van der Waals surface area (Å²) in [5.74, 6) is -0.0445. The Morgan fingerprint density at radius 3 is 3.18 bits per heavy atom. The van der Waals surface area contributed by atoms with Crippen LogP contribution in [0.5, 0.6) is 0 Å². The van der Waals surface area contributed by atoms with Gasteiger partial charge in [-0.3, -0.25) is 9.48 Å². The van der Waals surface area contributed by atoms with E-state index in [2.05, 4.69) is 15.6 Å². The number of nitrogens with zero attached hydrogens (tertiary/aromatic N) is 4. The second-order valence-corrected chi connectivity index (χ2v) is 4.05. The molecule has 1 aliphatic rings. The lowest BCUT2D eigenvalue weighted by molar-refractivity contribution is 0.0760. The lowest BCUT2D eigenvalue weighted by Gasteiger charge is -2.17. The first-order valence-electron chi connectivity index (χ1n) is 5.91. The maximum Gasteiger partial charge on any atom is 0.276 e. The predicted molar refractivity (Wildman–Crippen MR) is 62.5 cm³/mol. The molecular formula is C10H18N6O. The van der Waals surface area contributed by atoms with Crippen LogP contribution in [0, 0.1) is 0 Å². The van der Waals surface area contributed by atoms with Crippen LogP contribution in [0.2, 0.25) is 0 Å². The first-order valence-corrected chi connectivity index (χ1v) is 5.91. The smallest absolute Gasteiger partial charge is 0.276 e. The molecule has 1 saturated heterocycles. The minimum absolute atomic E-state index is 0.0445. The van der Waals surface area contributed by atoms with Crippen molar-refractivity contribution in [3.05, 3.63) is 11.9 Å². The highest BCUT2D eigenvalue weighted by atomic mass is 16.2. The molecule has 17 heavy (non-hydrogen) atoms. The molecule has 94 valence electrons. The lowest BCUT2D eigenvalue weighted by atomic mass is 10.3. The van der Waals surface area contributed by atoms with Crippen LogP contribution in [0.15, 0.2) is 6.20 Å². The normalized spacial score (nSPS) is 16.9. The maximum absolute atomic E-state index is 12.1. The summed E-state index contributed by atoms with van der Waals surface area (Å²) in [6.07, 6.45) is 2.64. The Labute approximate surface area is 100.0 Å². The van der Waals surface area contributed by atoms with Crippen LogP contribution < -0.4 is 11.1 Å². The largest absolute Gasteiger partial charge is 0.336 e. The van der Waals surface area contributed by atoms with Gasteiger partial charge in [0.2, 0.25) is 0 Å². The molecule has 7 nitrogen and oxygen atoms in total. The zero-order chi connectivity index (χ0) is 12.1. The summed E-state index contributed by atoms with van der Waals surface area (Å²) >= 11 is 0. The fourth-order valence-electron chi connectivity index (χ4n) is 1.85. The molecule has 0 bridgehead atoms. The molecular weight excluding hydrogens is 220 g/mol. The Hall–Kier alpha value is -1.47. The van der Waals surface area contributed by atoms with Gasteiger partial charge in [0.25, 0.3) is 5.91 Å². The number of hydrogen-bond acceptors (Lipinski definition) is 5. The number of nitrogens with one attached hydrogen (secondary N) is 1. The van der Waals surface area contributed by atoms with Crippen molar-refractivity contribution >= 4 is 5.91 Å². The van der Waals surface area contributed by atoms with Crippen LogP contribution in [0.3, 0.4) is 0 Å². The maximum atomic E-state index is 12.1. The number of hydrogen-bond donors (Lipinski definition) is 2. The summed E-state index contributed by atoms with van der Waals surface area (Å²) < 4.78 is 1.60. The van der Waals surface area contributed by atoms with E-state index >= 15 is 0 Å². The minimum Gasteiger partial charge on any atom is -0.336 e. The van der Waals surface area contributed by atoms with E-state index < -0.39 is 0 Å². The van der Waals surface area contributed by atoms with E-state index in [1.165, 1.54) is 0 Å². The van der Waals surface area contributed by atoms with E-state index in [9.17, 15) is 4.79 Å². The Bertz CT molecular complexity index is 369. The first-order chi connectivity index (χ1) is 8.31. The van der Waals surface area contributed by atoms with Gasteiger partial charge in [-0.05, 0) is 13.0 Å². The molecule has 3 N–H and O–H groups in total.